The number of anilines is 2. The summed E-state index contributed by atoms with van der Waals surface area (Å²) in [5, 5.41) is 9.80. The van der Waals surface area contributed by atoms with E-state index in [1.807, 2.05) is 0 Å². The van der Waals surface area contributed by atoms with E-state index in [1.165, 1.54) is 30.3 Å². The van der Waals surface area contributed by atoms with Gasteiger partial charge in [-0.3, -0.25) is 4.79 Å². The van der Waals surface area contributed by atoms with Gasteiger partial charge in [0.05, 0.1) is 23.6 Å². The molecule has 2 aliphatic heterocycles. The Morgan fingerprint density at radius 3 is 2.75 bits per heavy atom. The lowest BCUT2D eigenvalue weighted by Gasteiger charge is -2.28. The number of fused-ring (bicyclic) bond motifs is 2. The lowest BCUT2D eigenvalue weighted by molar-refractivity contribution is -0.117. The summed E-state index contributed by atoms with van der Waals surface area (Å²) >= 11 is 0. The van der Waals surface area contributed by atoms with Crippen molar-refractivity contribution in [1.82, 2.24) is 0 Å². The average Bonchev–Trinajstić information content (AvgIpc) is 2.87. The number of rotatable bonds is 1. The number of carbonyl (C=O) groups excluding carboxylic acids is 1. The number of carbonyl (C=O) groups is 1. The molecule has 1 amide bonds. The number of sulfonamides is 1. The highest BCUT2D eigenvalue weighted by atomic mass is 32.2. The highest BCUT2D eigenvalue weighted by Gasteiger charge is 2.39. The van der Waals surface area contributed by atoms with Crippen molar-refractivity contribution in [2.24, 2.45) is 0 Å². The molecule has 2 aromatic rings. The van der Waals surface area contributed by atoms with Gasteiger partial charge in [-0.15, -0.1) is 0 Å². The van der Waals surface area contributed by atoms with Crippen molar-refractivity contribution in [3.05, 3.63) is 47.5 Å². The zero-order valence-electron chi connectivity index (χ0n) is 12.5. The van der Waals surface area contributed by atoms with E-state index in [1.54, 1.807) is 6.07 Å². The van der Waals surface area contributed by atoms with Crippen molar-refractivity contribution in [2.45, 2.75) is 17.9 Å². The zero-order valence-corrected chi connectivity index (χ0v) is 13.3. The fourth-order valence-electron chi connectivity index (χ4n) is 3.07. The molecule has 0 aromatic heterocycles. The second-order valence-corrected chi connectivity index (χ2v) is 7.51. The molecule has 122 valence electrons. The molecule has 2 aromatic carbocycles. The van der Waals surface area contributed by atoms with Gasteiger partial charge in [0.15, 0.2) is 0 Å². The van der Waals surface area contributed by atoms with Gasteiger partial charge >= 0.3 is 7.12 Å². The Labute approximate surface area is 138 Å². The average molecular weight is 344 g/mol. The van der Waals surface area contributed by atoms with Crippen LogP contribution in [0.15, 0.2) is 41.3 Å². The van der Waals surface area contributed by atoms with Crippen LogP contribution in [0, 0.1) is 0 Å². The molecule has 2 heterocycles. The summed E-state index contributed by atoms with van der Waals surface area (Å²) in [5.41, 5.74) is 7.89. The summed E-state index contributed by atoms with van der Waals surface area (Å²) in [4.78, 5) is 12.5. The Balaban J connectivity index is 1.86. The summed E-state index contributed by atoms with van der Waals surface area (Å²) in [6, 6.07) is 9.07. The number of hydrogen-bond acceptors (Lipinski definition) is 6. The van der Waals surface area contributed by atoms with Gasteiger partial charge < -0.3 is 15.4 Å². The lowest BCUT2D eigenvalue weighted by atomic mass is 9.79. The second-order valence-electron chi connectivity index (χ2n) is 5.75. The molecule has 0 saturated carbocycles. The van der Waals surface area contributed by atoms with Crippen molar-refractivity contribution >= 4 is 39.9 Å². The molecule has 9 heteroatoms. The minimum absolute atomic E-state index is 0.0598. The molecule has 7 nitrogen and oxygen atoms in total. The van der Waals surface area contributed by atoms with E-state index in [0.717, 1.165) is 9.87 Å². The fraction of sp³-hybridized carbons (Fsp3) is 0.133. The van der Waals surface area contributed by atoms with Crippen LogP contribution in [0.2, 0.25) is 0 Å². The Bertz CT molecular complexity index is 976. The van der Waals surface area contributed by atoms with E-state index in [2.05, 4.69) is 0 Å². The van der Waals surface area contributed by atoms with E-state index < -0.39 is 23.0 Å². The van der Waals surface area contributed by atoms with Gasteiger partial charge in [0.1, 0.15) is 0 Å². The van der Waals surface area contributed by atoms with Crippen LogP contribution in [0.25, 0.3) is 0 Å². The summed E-state index contributed by atoms with van der Waals surface area (Å²) < 4.78 is 31.6. The molecule has 0 radical (unpaired) electrons. The van der Waals surface area contributed by atoms with E-state index in [4.69, 9.17) is 10.4 Å². The third kappa shape index (κ3) is 2.13. The standard InChI is InChI=1S/C15H13BN2O5S/c17-11-2-4-14-10(5-11)6-15(19)18(24(14,21)22)12-3-1-9-8-23-16(20)13(9)7-12/h1-5,7,20H,6,8,17H2. The van der Waals surface area contributed by atoms with Crippen LogP contribution in [-0.4, -0.2) is 26.5 Å². The van der Waals surface area contributed by atoms with Crippen molar-refractivity contribution in [2.75, 3.05) is 10.0 Å². The van der Waals surface area contributed by atoms with E-state index in [-0.39, 0.29) is 23.6 Å². The smallest absolute Gasteiger partial charge is 0.423 e. The van der Waals surface area contributed by atoms with Gasteiger partial charge in [-0.05, 0) is 46.9 Å². The number of nitrogen functional groups attached to an aromatic ring is 1. The minimum Gasteiger partial charge on any atom is -0.423 e. The van der Waals surface area contributed by atoms with Crippen LogP contribution in [0.1, 0.15) is 11.1 Å². The van der Waals surface area contributed by atoms with Crippen LogP contribution < -0.4 is 15.5 Å². The van der Waals surface area contributed by atoms with Crippen molar-refractivity contribution in [3.8, 4) is 0 Å². The van der Waals surface area contributed by atoms with Crippen molar-refractivity contribution in [3.63, 3.8) is 0 Å². The van der Waals surface area contributed by atoms with Crippen molar-refractivity contribution < 1.29 is 22.9 Å². The molecule has 0 fully saturated rings. The van der Waals surface area contributed by atoms with Crippen molar-refractivity contribution in [1.29, 1.82) is 0 Å². The van der Waals surface area contributed by atoms with E-state index >= 15 is 0 Å². The third-order valence-corrected chi connectivity index (χ3v) is 6.05. The van der Waals surface area contributed by atoms with Gasteiger partial charge in [-0.1, -0.05) is 6.07 Å². The van der Waals surface area contributed by atoms with Gasteiger partial charge in [-0.25, -0.2) is 12.7 Å². The molecule has 3 N–H and O–H groups in total. The number of nitrogens with two attached hydrogens (primary N) is 1. The van der Waals surface area contributed by atoms with Crippen LogP contribution in [0.3, 0.4) is 0 Å². The molecule has 0 atom stereocenters. The fourth-order valence-corrected chi connectivity index (χ4v) is 4.69. The molecule has 0 spiro atoms. The first kappa shape index (κ1) is 15.2. The first-order valence-corrected chi connectivity index (χ1v) is 8.71. The van der Waals surface area contributed by atoms with Gasteiger partial charge in [-0.2, -0.15) is 0 Å². The number of hydrogen-bond donors (Lipinski definition) is 2. The highest BCUT2D eigenvalue weighted by Crippen LogP contribution is 2.32. The molecule has 4 rings (SSSR count). The highest BCUT2D eigenvalue weighted by molar-refractivity contribution is 7.93. The monoisotopic (exact) mass is 344 g/mol. The maximum absolute atomic E-state index is 12.9. The predicted octanol–water partition coefficient (Wildman–Crippen LogP) is -0.235. The summed E-state index contributed by atoms with van der Waals surface area (Å²) in [7, 11) is -5.15. The number of nitrogens with zero attached hydrogens (tertiary/aromatic N) is 1. The Kier molecular flexibility index (Phi) is 3.21. The van der Waals surface area contributed by atoms with Gasteiger partial charge in [0.2, 0.25) is 5.91 Å². The molecule has 0 saturated heterocycles. The first-order valence-electron chi connectivity index (χ1n) is 7.27. The zero-order chi connectivity index (χ0) is 17.1. The van der Waals surface area contributed by atoms with Crippen LogP contribution in [-0.2, 0) is 32.5 Å². The SMILES string of the molecule is Nc1ccc2c(c1)CC(=O)N(c1ccc3c(c1)B(O)OC3)S2(=O)=O. The minimum atomic E-state index is -4.03. The summed E-state index contributed by atoms with van der Waals surface area (Å²) in [6.45, 7) is 0.250. The Hall–Kier alpha value is -2.36. The summed E-state index contributed by atoms with van der Waals surface area (Å²) in [6.07, 6.45) is -0.0598. The first-order chi connectivity index (χ1) is 11.4. The summed E-state index contributed by atoms with van der Waals surface area (Å²) in [5.74, 6) is -0.568. The molecular weight excluding hydrogens is 331 g/mol. The van der Waals surface area contributed by atoms with Crippen LogP contribution in [0.4, 0.5) is 11.4 Å². The largest absolute Gasteiger partial charge is 0.491 e. The van der Waals surface area contributed by atoms with E-state index in [9.17, 15) is 18.2 Å². The van der Waals surface area contributed by atoms with Gasteiger partial charge in [0, 0.05) is 5.69 Å². The Morgan fingerprint density at radius 2 is 1.96 bits per heavy atom. The number of benzene rings is 2. The number of amides is 1. The molecule has 24 heavy (non-hydrogen) atoms. The topological polar surface area (TPSA) is 110 Å². The predicted molar refractivity (Wildman–Crippen MR) is 88.1 cm³/mol. The van der Waals surface area contributed by atoms with Gasteiger partial charge in [0.25, 0.3) is 10.0 Å². The second kappa shape index (κ2) is 5.07. The molecule has 2 aliphatic rings. The molecule has 0 unspecified atom stereocenters. The van der Waals surface area contributed by atoms with Crippen LogP contribution in [0.5, 0.6) is 0 Å². The molecular formula is C15H13BN2O5S. The quantitative estimate of drug-likeness (QED) is 0.546. The van der Waals surface area contributed by atoms with E-state index in [0.29, 0.717) is 16.7 Å². The third-order valence-electron chi connectivity index (χ3n) is 4.20. The maximum atomic E-state index is 12.9. The lowest BCUT2D eigenvalue weighted by Crippen LogP contribution is -2.43. The maximum Gasteiger partial charge on any atom is 0.491 e. The van der Waals surface area contributed by atoms with Crippen LogP contribution >= 0.6 is 0 Å². The molecule has 0 bridgehead atoms. The Morgan fingerprint density at radius 1 is 1.17 bits per heavy atom. The molecule has 0 aliphatic carbocycles. The normalized spacial score (nSPS) is 18.5.